The monoisotopic (exact) mass is 586 g/mol. The van der Waals surface area contributed by atoms with Gasteiger partial charge in [-0.1, -0.05) is 70.4 Å². The third-order valence-corrected chi connectivity index (χ3v) is 7.40. The maximum absolute atomic E-state index is 12.1. The molecule has 1 saturated heterocycles. The van der Waals surface area contributed by atoms with Gasteiger partial charge in [-0.3, -0.25) is 9.59 Å². The van der Waals surface area contributed by atoms with Crippen LogP contribution in [0.3, 0.4) is 0 Å². The predicted molar refractivity (Wildman–Crippen MR) is 159 cm³/mol. The summed E-state index contributed by atoms with van der Waals surface area (Å²) in [4.78, 5) is 24.1. The Labute approximate surface area is 247 Å². The molecule has 0 aromatic heterocycles. The summed E-state index contributed by atoms with van der Waals surface area (Å²) < 4.78 is 10.5. The average Bonchev–Trinajstić information content (AvgIpc) is 2.96. The van der Waals surface area contributed by atoms with Crippen molar-refractivity contribution in [1.29, 1.82) is 0 Å². The number of rotatable bonds is 25. The highest BCUT2D eigenvalue weighted by Crippen LogP contribution is 2.20. The van der Waals surface area contributed by atoms with E-state index in [1.165, 1.54) is 64.2 Å². The van der Waals surface area contributed by atoms with Gasteiger partial charge in [-0.25, -0.2) is 0 Å². The van der Waals surface area contributed by atoms with Crippen molar-refractivity contribution >= 4 is 11.8 Å². The smallest absolute Gasteiger partial charge is 0.220 e. The number of ether oxygens (including phenoxy) is 2. The first kappa shape index (κ1) is 37.5. The zero-order chi connectivity index (χ0) is 30.1. The van der Waals surface area contributed by atoms with Gasteiger partial charge in [0.15, 0.2) is 6.29 Å². The lowest BCUT2D eigenvalue weighted by Gasteiger charge is -2.40. The molecule has 0 aliphatic carbocycles. The van der Waals surface area contributed by atoms with E-state index in [-0.39, 0.29) is 12.3 Å². The molecule has 240 valence electrons. The molecule has 1 rings (SSSR count). The fourth-order valence-corrected chi connectivity index (χ4v) is 4.81. The van der Waals surface area contributed by atoms with Crippen molar-refractivity contribution in [2.75, 3.05) is 26.4 Å². The first-order valence-electron chi connectivity index (χ1n) is 16.0. The Morgan fingerprint density at radius 1 is 0.756 bits per heavy atom. The number of aliphatic hydroxyl groups excluding tert-OH is 4. The van der Waals surface area contributed by atoms with Crippen LogP contribution in [0.25, 0.3) is 0 Å². The van der Waals surface area contributed by atoms with Crippen LogP contribution >= 0.6 is 0 Å². The van der Waals surface area contributed by atoms with E-state index in [0.717, 1.165) is 19.3 Å². The molecule has 0 bridgehead atoms. The van der Waals surface area contributed by atoms with Gasteiger partial charge in [-0.05, 0) is 44.9 Å². The Morgan fingerprint density at radius 3 is 2.00 bits per heavy atom. The van der Waals surface area contributed by atoms with Crippen molar-refractivity contribution in [1.82, 2.24) is 10.6 Å². The Bertz CT molecular complexity index is 693. The second kappa shape index (κ2) is 25.0. The number of hydrogen-bond donors (Lipinski definition) is 6. The lowest BCUT2D eigenvalue weighted by atomic mass is 9.97. The van der Waals surface area contributed by atoms with Gasteiger partial charge in [-0.15, -0.1) is 0 Å². The molecule has 0 aromatic carbocycles. The van der Waals surface area contributed by atoms with E-state index in [1.54, 1.807) is 0 Å². The van der Waals surface area contributed by atoms with Crippen LogP contribution < -0.4 is 10.6 Å². The Hall–Kier alpha value is -1.56. The Morgan fingerprint density at radius 2 is 1.34 bits per heavy atom. The van der Waals surface area contributed by atoms with Gasteiger partial charge in [0, 0.05) is 26.0 Å². The summed E-state index contributed by atoms with van der Waals surface area (Å²) in [6, 6.07) is -1.17. The van der Waals surface area contributed by atoms with Crippen LogP contribution in [-0.2, 0) is 19.1 Å². The average molecular weight is 587 g/mol. The lowest BCUT2D eigenvalue weighted by Crippen LogP contribution is -2.64. The Kier molecular flexibility index (Phi) is 22.8. The normalized spacial score (nSPS) is 22.7. The summed E-state index contributed by atoms with van der Waals surface area (Å²) in [7, 11) is 0. The number of allylic oxidation sites excluding steroid dienone is 2. The second-order valence-corrected chi connectivity index (χ2v) is 11.1. The van der Waals surface area contributed by atoms with Gasteiger partial charge in [0.2, 0.25) is 11.8 Å². The fraction of sp³-hybridized carbons (Fsp3) is 0.871. The third kappa shape index (κ3) is 18.6. The molecule has 5 atom stereocenters. The van der Waals surface area contributed by atoms with Crippen LogP contribution in [0.2, 0.25) is 0 Å². The molecule has 6 N–H and O–H groups in total. The van der Waals surface area contributed by atoms with Crippen molar-refractivity contribution in [3.63, 3.8) is 0 Å². The topological polar surface area (TPSA) is 158 Å². The number of hydrogen-bond acceptors (Lipinski definition) is 8. The molecule has 1 fully saturated rings. The Balaban J connectivity index is 1.88. The summed E-state index contributed by atoms with van der Waals surface area (Å²) in [5.74, 6) is -0.344. The predicted octanol–water partition coefficient (Wildman–Crippen LogP) is 3.24. The van der Waals surface area contributed by atoms with Gasteiger partial charge < -0.3 is 40.5 Å². The maximum atomic E-state index is 12.1. The summed E-state index contributed by atoms with van der Waals surface area (Å²) in [5.41, 5.74) is 0. The van der Waals surface area contributed by atoms with Gasteiger partial charge in [-0.2, -0.15) is 0 Å². The maximum Gasteiger partial charge on any atom is 0.220 e. The number of amides is 2. The van der Waals surface area contributed by atoms with Crippen molar-refractivity contribution in [2.45, 2.75) is 147 Å². The summed E-state index contributed by atoms with van der Waals surface area (Å²) in [6.45, 7) is 3.01. The quantitative estimate of drug-likeness (QED) is 0.0703. The highest BCUT2D eigenvalue weighted by molar-refractivity contribution is 5.76. The highest BCUT2D eigenvalue weighted by atomic mass is 16.6. The van der Waals surface area contributed by atoms with Crippen LogP contribution in [0.4, 0.5) is 0 Å². The van der Waals surface area contributed by atoms with Gasteiger partial charge in [0.1, 0.15) is 24.4 Å². The third-order valence-electron chi connectivity index (χ3n) is 7.40. The van der Waals surface area contributed by atoms with Gasteiger partial charge in [0.05, 0.1) is 13.2 Å². The number of nitrogens with one attached hydrogen (secondary N) is 2. The minimum Gasteiger partial charge on any atom is -0.394 e. The van der Waals surface area contributed by atoms with Gasteiger partial charge >= 0.3 is 0 Å². The standard InChI is InChI=1S/C31H58N2O8/c1-2-3-4-5-6-7-8-9-10-11-12-13-14-15-16-19-26(35)32-21-23-40-22-18-17-20-27(36)33-28-30(38)29(37)25(24-34)41-31(28)39/h9-10,25,28-31,34,37-39H,2-8,11-24H2,1H3,(H,32,35)(H,33,36)/b10-9-/t25?,28?,29-,30-,31-/m1/s1. The lowest BCUT2D eigenvalue weighted by molar-refractivity contribution is -0.253. The fourth-order valence-electron chi connectivity index (χ4n) is 4.81. The molecule has 0 aromatic rings. The zero-order valence-corrected chi connectivity index (χ0v) is 25.3. The molecule has 0 saturated carbocycles. The molecule has 0 spiro atoms. The van der Waals surface area contributed by atoms with E-state index in [2.05, 4.69) is 29.7 Å². The molecular weight excluding hydrogens is 528 g/mol. The van der Waals surface area contributed by atoms with Crippen molar-refractivity contribution in [3.8, 4) is 0 Å². The highest BCUT2D eigenvalue weighted by Gasteiger charge is 2.44. The minimum atomic E-state index is -1.52. The second-order valence-electron chi connectivity index (χ2n) is 11.1. The van der Waals surface area contributed by atoms with E-state index in [0.29, 0.717) is 39.0 Å². The van der Waals surface area contributed by atoms with Crippen LogP contribution in [0.1, 0.15) is 116 Å². The molecule has 1 heterocycles. The van der Waals surface area contributed by atoms with Crippen molar-refractivity contribution < 1.29 is 39.5 Å². The van der Waals surface area contributed by atoms with Crippen LogP contribution in [-0.4, -0.2) is 89.2 Å². The first-order valence-corrected chi connectivity index (χ1v) is 16.0. The molecule has 10 heteroatoms. The largest absolute Gasteiger partial charge is 0.394 e. The first-order chi connectivity index (χ1) is 19.9. The van der Waals surface area contributed by atoms with Crippen LogP contribution in [0.5, 0.6) is 0 Å². The molecule has 2 unspecified atom stereocenters. The number of carbonyl (C=O) groups is 2. The molecule has 1 aliphatic heterocycles. The van der Waals surface area contributed by atoms with E-state index in [4.69, 9.17) is 14.6 Å². The van der Waals surface area contributed by atoms with E-state index in [9.17, 15) is 24.9 Å². The molecular formula is C31H58N2O8. The molecule has 41 heavy (non-hydrogen) atoms. The van der Waals surface area contributed by atoms with Gasteiger partial charge in [0.25, 0.3) is 0 Å². The number of unbranched alkanes of at least 4 members (excludes halogenated alkanes) is 12. The number of carbonyl (C=O) groups excluding carboxylic acids is 2. The SMILES string of the molecule is CCCCCCCC/C=C\CCCCCCCC(=O)NCCOCCCCC(=O)NC1[C@H](O)OC(CO)[C@@H](O)[C@@H]1O. The molecule has 10 nitrogen and oxygen atoms in total. The van der Waals surface area contributed by atoms with E-state index in [1.807, 2.05) is 0 Å². The van der Waals surface area contributed by atoms with E-state index >= 15 is 0 Å². The van der Waals surface area contributed by atoms with Crippen molar-refractivity contribution in [2.24, 2.45) is 0 Å². The van der Waals surface area contributed by atoms with Crippen LogP contribution in [0, 0.1) is 0 Å². The number of aliphatic hydroxyl groups is 4. The summed E-state index contributed by atoms with van der Waals surface area (Å²) >= 11 is 0. The van der Waals surface area contributed by atoms with E-state index < -0.39 is 43.2 Å². The van der Waals surface area contributed by atoms with Crippen molar-refractivity contribution in [3.05, 3.63) is 12.2 Å². The molecule has 0 radical (unpaired) electrons. The van der Waals surface area contributed by atoms with Crippen LogP contribution in [0.15, 0.2) is 12.2 Å². The minimum absolute atomic E-state index is 0.0504. The molecule has 2 amide bonds. The summed E-state index contributed by atoms with van der Waals surface area (Å²) in [6.07, 6.45) is 17.1. The summed E-state index contributed by atoms with van der Waals surface area (Å²) in [5, 5.41) is 44.3. The molecule has 1 aliphatic rings. The zero-order valence-electron chi connectivity index (χ0n) is 25.3.